The molecular formula is C15H12ClN3O5. The number of halogens is 1. The molecule has 3 aromatic rings. The van der Waals surface area contributed by atoms with Gasteiger partial charge in [-0.2, -0.15) is 0 Å². The van der Waals surface area contributed by atoms with Gasteiger partial charge >= 0.3 is 0 Å². The van der Waals surface area contributed by atoms with Crippen LogP contribution in [0.5, 0.6) is 5.75 Å². The maximum Gasteiger partial charge on any atom is 0.271 e. The average Bonchev–Trinajstić information content (AvgIpc) is 3.12. The van der Waals surface area contributed by atoms with Crippen LogP contribution in [0.2, 0.25) is 5.02 Å². The summed E-state index contributed by atoms with van der Waals surface area (Å²) < 4.78 is 16.4. The van der Waals surface area contributed by atoms with E-state index >= 15 is 0 Å². The quantitative estimate of drug-likeness (QED) is 0.504. The average molecular weight is 350 g/mol. The van der Waals surface area contributed by atoms with E-state index in [1.807, 2.05) is 6.92 Å². The summed E-state index contributed by atoms with van der Waals surface area (Å²) in [5.74, 6) is 2.30. The summed E-state index contributed by atoms with van der Waals surface area (Å²) >= 11 is 5.96. The zero-order valence-electron chi connectivity index (χ0n) is 12.8. The van der Waals surface area contributed by atoms with Gasteiger partial charge in [0, 0.05) is 12.1 Å². The fourth-order valence-corrected chi connectivity index (χ4v) is 2.35. The first-order chi connectivity index (χ1) is 11.4. The van der Waals surface area contributed by atoms with Gasteiger partial charge in [-0.3, -0.25) is 10.1 Å². The van der Waals surface area contributed by atoms with Crippen LogP contribution in [0.1, 0.15) is 17.4 Å². The number of aryl methyl sites for hydroxylation is 2. The lowest BCUT2D eigenvalue weighted by molar-refractivity contribution is -0.384. The van der Waals surface area contributed by atoms with Gasteiger partial charge in [0.15, 0.2) is 6.61 Å². The van der Waals surface area contributed by atoms with Crippen molar-refractivity contribution in [2.24, 2.45) is 0 Å². The summed E-state index contributed by atoms with van der Waals surface area (Å²) in [5.41, 5.74) is 0.609. The minimum absolute atomic E-state index is 0.0135. The third-order valence-electron chi connectivity index (χ3n) is 3.22. The minimum atomic E-state index is -0.533. The Hall–Kier alpha value is -2.87. The molecule has 0 radical (unpaired) electrons. The van der Waals surface area contributed by atoms with Gasteiger partial charge in [0.25, 0.3) is 17.5 Å². The standard InChI is InChI=1S/C15H12ClN3O5/c1-8-5-11(9(2)23-8)15-18-17-14(24-15)7-22-13-4-3-10(19(20)21)6-12(13)16/h3-6H,7H2,1-2H3. The van der Waals surface area contributed by atoms with Crippen LogP contribution < -0.4 is 4.74 Å². The van der Waals surface area contributed by atoms with Gasteiger partial charge in [-0.05, 0) is 26.0 Å². The highest BCUT2D eigenvalue weighted by Crippen LogP contribution is 2.30. The second kappa shape index (κ2) is 6.32. The first-order valence-electron chi connectivity index (χ1n) is 6.90. The number of furan rings is 1. The van der Waals surface area contributed by atoms with Crippen LogP contribution in [-0.4, -0.2) is 15.1 Å². The number of nitrogens with zero attached hydrogens (tertiary/aromatic N) is 3. The van der Waals surface area contributed by atoms with Gasteiger partial charge in [-0.25, -0.2) is 0 Å². The van der Waals surface area contributed by atoms with E-state index < -0.39 is 4.92 Å². The number of nitro benzene ring substituents is 1. The molecule has 9 heteroatoms. The monoisotopic (exact) mass is 349 g/mol. The molecule has 0 unspecified atom stereocenters. The highest BCUT2D eigenvalue weighted by Gasteiger charge is 2.16. The van der Waals surface area contributed by atoms with Gasteiger partial charge in [-0.15, -0.1) is 10.2 Å². The Bertz CT molecular complexity index is 902. The largest absolute Gasteiger partial charge is 0.482 e. The molecule has 8 nitrogen and oxygen atoms in total. The van der Waals surface area contributed by atoms with Gasteiger partial charge in [-0.1, -0.05) is 11.6 Å². The third-order valence-corrected chi connectivity index (χ3v) is 3.51. The fourth-order valence-electron chi connectivity index (χ4n) is 2.12. The molecule has 2 heterocycles. The topological polar surface area (TPSA) is 104 Å². The normalized spacial score (nSPS) is 10.8. The van der Waals surface area contributed by atoms with Crippen LogP contribution in [0.3, 0.4) is 0 Å². The first-order valence-corrected chi connectivity index (χ1v) is 7.28. The Kier molecular flexibility index (Phi) is 4.22. The van der Waals surface area contributed by atoms with E-state index in [4.69, 9.17) is 25.2 Å². The number of benzene rings is 1. The lowest BCUT2D eigenvalue weighted by Crippen LogP contribution is -1.97. The molecule has 0 fully saturated rings. The van der Waals surface area contributed by atoms with Gasteiger partial charge in [0.2, 0.25) is 0 Å². The molecule has 0 spiro atoms. The maximum atomic E-state index is 10.7. The number of hydrogen-bond donors (Lipinski definition) is 0. The molecule has 24 heavy (non-hydrogen) atoms. The summed E-state index contributed by atoms with van der Waals surface area (Å²) in [5, 5.41) is 18.7. The maximum absolute atomic E-state index is 10.7. The van der Waals surface area contributed by atoms with Crippen LogP contribution in [0, 0.1) is 24.0 Å². The lowest BCUT2D eigenvalue weighted by atomic mass is 10.2. The van der Waals surface area contributed by atoms with Crippen molar-refractivity contribution in [1.82, 2.24) is 10.2 Å². The second-order valence-corrected chi connectivity index (χ2v) is 5.40. The van der Waals surface area contributed by atoms with Crippen molar-refractivity contribution in [3.8, 4) is 17.2 Å². The van der Waals surface area contributed by atoms with Gasteiger partial charge in [0.05, 0.1) is 15.5 Å². The Balaban J connectivity index is 1.72. The molecule has 3 rings (SSSR count). The van der Waals surface area contributed by atoms with Gasteiger partial charge < -0.3 is 13.6 Å². The Morgan fingerprint density at radius 1 is 1.25 bits per heavy atom. The summed E-state index contributed by atoms with van der Waals surface area (Å²) in [4.78, 5) is 10.1. The third kappa shape index (κ3) is 3.23. The number of rotatable bonds is 5. The van der Waals surface area contributed by atoms with E-state index in [-0.39, 0.29) is 29.0 Å². The van der Waals surface area contributed by atoms with Crippen molar-refractivity contribution >= 4 is 17.3 Å². The van der Waals surface area contributed by atoms with Crippen LogP contribution in [0.25, 0.3) is 11.5 Å². The molecule has 0 atom stereocenters. The molecule has 0 bridgehead atoms. The Morgan fingerprint density at radius 3 is 2.67 bits per heavy atom. The molecule has 0 saturated carbocycles. The molecule has 2 aromatic heterocycles. The van der Waals surface area contributed by atoms with Crippen LogP contribution in [-0.2, 0) is 6.61 Å². The Labute approximate surface area is 141 Å². The highest BCUT2D eigenvalue weighted by molar-refractivity contribution is 6.32. The fraction of sp³-hybridized carbons (Fsp3) is 0.200. The molecule has 0 amide bonds. The molecule has 1 aromatic carbocycles. The molecule has 0 aliphatic rings. The number of non-ortho nitro benzene ring substituents is 1. The zero-order valence-corrected chi connectivity index (χ0v) is 13.5. The first kappa shape index (κ1) is 16.0. The molecule has 0 N–H and O–H groups in total. The predicted octanol–water partition coefficient (Wildman–Crippen LogP) is 4.09. The van der Waals surface area contributed by atoms with Crippen molar-refractivity contribution in [1.29, 1.82) is 0 Å². The summed E-state index contributed by atoms with van der Waals surface area (Å²) in [7, 11) is 0. The summed E-state index contributed by atoms with van der Waals surface area (Å²) in [6.45, 7) is 3.62. The smallest absolute Gasteiger partial charge is 0.271 e. The molecular weight excluding hydrogens is 338 g/mol. The SMILES string of the molecule is Cc1cc(-c2nnc(COc3ccc([N+](=O)[O-])cc3Cl)o2)c(C)o1. The van der Waals surface area contributed by atoms with Gasteiger partial charge in [0.1, 0.15) is 17.3 Å². The lowest BCUT2D eigenvalue weighted by Gasteiger charge is -2.04. The zero-order chi connectivity index (χ0) is 17.3. The van der Waals surface area contributed by atoms with E-state index in [1.54, 1.807) is 13.0 Å². The van der Waals surface area contributed by atoms with E-state index in [1.165, 1.54) is 18.2 Å². The molecule has 0 aliphatic carbocycles. The molecule has 0 saturated heterocycles. The minimum Gasteiger partial charge on any atom is -0.482 e. The molecule has 0 aliphatic heterocycles. The van der Waals surface area contributed by atoms with Crippen molar-refractivity contribution < 1.29 is 18.5 Å². The van der Waals surface area contributed by atoms with Crippen LogP contribution >= 0.6 is 11.6 Å². The van der Waals surface area contributed by atoms with Crippen molar-refractivity contribution in [3.05, 3.63) is 56.8 Å². The van der Waals surface area contributed by atoms with E-state index in [2.05, 4.69) is 10.2 Å². The van der Waals surface area contributed by atoms with Crippen molar-refractivity contribution in [2.75, 3.05) is 0 Å². The second-order valence-electron chi connectivity index (χ2n) is 4.99. The van der Waals surface area contributed by atoms with Crippen molar-refractivity contribution in [2.45, 2.75) is 20.5 Å². The number of nitro groups is 1. The van der Waals surface area contributed by atoms with Crippen LogP contribution in [0.4, 0.5) is 5.69 Å². The van der Waals surface area contributed by atoms with E-state index in [0.717, 1.165) is 11.3 Å². The molecule has 124 valence electrons. The highest BCUT2D eigenvalue weighted by atomic mass is 35.5. The predicted molar refractivity (Wildman–Crippen MR) is 83.9 cm³/mol. The summed E-state index contributed by atoms with van der Waals surface area (Å²) in [6.07, 6.45) is 0. The van der Waals surface area contributed by atoms with E-state index in [9.17, 15) is 10.1 Å². The Morgan fingerprint density at radius 2 is 2.04 bits per heavy atom. The number of hydrogen-bond acceptors (Lipinski definition) is 7. The number of aromatic nitrogens is 2. The van der Waals surface area contributed by atoms with Crippen molar-refractivity contribution in [3.63, 3.8) is 0 Å². The van der Waals surface area contributed by atoms with E-state index in [0.29, 0.717) is 11.7 Å². The summed E-state index contributed by atoms with van der Waals surface area (Å²) in [6, 6.07) is 5.74. The number of ether oxygens (including phenoxy) is 1. The van der Waals surface area contributed by atoms with Crippen LogP contribution in [0.15, 0.2) is 33.1 Å².